The third kappa shape index (κ3) is 2.67. The summed E-state index contributed by atoms with van der Waals surface area (Å²) in [4.78, 5) is 7.14. The molecule has 3 heterocycles. The second-order valence-electron chi connectivity index (χ2n) is 5.87. The molecular weight excluding hydrogens is 240 g/mol. The van der Waals surface area contributed by atoms with E-state index < -0.39 is 0 Å². The van der Waals surface area contributed by atoms with Crippen LogP contribution >= 0.6 is 0 Å². The van der Waals surface area contributed by atoms with Gasteiger partial charge in [0.15, 0.2) is 5.82 Å². The Hall–Kier alpha value is -0.940. The normalized spacial score (nSPS) is 30.9. The first-order chi connectivity index (χ1) is 9.28. The Bertz CT molecular complexity index is 405. The summed E-state index contributed by atoms with van der Waals surface area (Å²) in [6.07, 6.45) is 5.89. The van der Waals surface area contributed by atoms with Gasteiger partial charge in [-0.15, -0.1) is 0 Å². The number of hydrogen-bond acceptors (Lipinski definition) is 5. The molecule has 0 aromatic carbocycles. The molecule has 5 nitrogen and oxygen atoms in total. The molecule has 2 atom stereocenters. The summed E-state index contributed by atoms with van der Waals surface area (Å²) in [5.41, 5.74) is 0. The Morgan fingerprint density at radius 2 is 2.05 bits per heavy atom. The highest BCUT2D eigenvalue weighted by Crippen LogP contribution is 2.41. The molecule has 2 fully saturated rings. The predicted octanol–water partition coefficient (Wildman–Crippen LogP) is 1.56. The fraction of sp³-hybridized carbons (Fsp3) is 0.857. The van der Waals surface area contributed by atoms with E-state index in [1.165, 1.54) is 25.7 Å². The Morgan fingerprint density at radius 1 is 1.32 bits per heavy atom. The van der Waals surface area contributed by atoms with Gasteiger partial charge < -0.3 is 14.7 Å². The molecule has 0 aliphatic carbocycles. The molecule has 2 saturated heterocycles. The fourth-order valence-electron chi connectivity index (χ4n) is 3.53. The van der Waals surface area contributed by atoms with Gasteiger partial charge in [0.1, 0.15) is 0 Å². The average molecular weight is 264 g/mol. The zero-order valence-electron chi connectivity index (χ0n) is 11.9. The average Bonchev–Trinajstić information content (AvgIpc) is 2.93. The zero-order valence-corrected chi connectivity index (χ0v) is 11.9. The third-order valence-electron chi connectivity index (χ3n) is 4.71. The monoisotopic (exact) mass is 264 g/mol. The van der Waals surface area contributed by atoms with Crippen LogP contribution in [0, 0.1) is 0 Å². The number of nitrogens with zero attached hydrogens (tertiary/aromatic N) is 3. The molecule has 19 heavy (non-hydrogen) atoms. The van der Waals surface area contributed by atoms with Gasteiger partial charge >= 0.3 is 0 Å². The molecule has 3 rings (SSSR count). The predicted molar refractivity (Wildman–Crippen MR) is 73.1 cm³/mol. The molecule has 1 aromatic rings. The smallest absolute Gasteiger partial charge is 0.227 e. The standard InChI is InChI=1S/C14H24N4O/c1-3-15-7-6-13-16-14(17-19-13)10-8-11-4-5-12(9-10)18(11)2/h10-12,15H,3-9H2,1-2H3. The molecule has 2 unspecified atom stereocenters. The minimum absolute atomic E-state index is 0.505. The van der Waals surface area contributed by atoms with Crippen molar-refractivity contribution in [2.45, 2.75) is 57.0 Å². The van der Waals surface area contributed by atoms with E-state index in [1.807, 2.05) is 0 Å². The van der Waals surface area contributed by atoms with Gasteiger partial charge in [-0.25, -0.2) is 0 Å². The highest BCUT2D eigenvalue weighted by atomic mass is 16.5. The number of fused-ring (bicyclic) bond motifs is 2. The van der Waals surface area contributed by atoms with Gasteiger partial charge in [-0.1, -0.05) is 12.1 Å². The van der Waals surface area contributed by atoms with Gasteiger partial charge in [-0.05, 0) is 39.3 Å². The molecule has 0 radical (unpaired) electrons. The van der Waals surface area contributed by atoms with E-state index in [0.717, 1.165) is 43.3 Å². The quantitative estimate of drug-likeness (QED) is 0.818. The summed E-state index contributed by atoms with van der Waals surface area (Å²) in [5.74, 6) is 2.23. The van der Waals surface area contributed by atoms with Crippen molar-refractivity contribution < 1.29 is 4.52 Å². The van der Waals surface area contributed by atoms with E-state index in [1.54, 1.807) is 0 Å². The van der Waals surface area contributed by atoms with Gasteiger partial charge in [0.2, 0.25) is 5.89 Å². The summed E-state index contributed by atoms with van der Waals surface area (Å²) in [6.45, 7) is 4.00. The third-order valence-corrected chi connectivity index (χ3v) is 4.71. The maximum atomic E-state index is 5.37. The van der Waals surface area contributed by atoms with Gasteiger partial charge in [-0.3, -0.25) is 0 Å². The van der Waals surface area contributed by atoms with Crippen LogP contribution in [0.2, 0.25) is 0 Å². The summed E-state index contributed by atoms with van der Waals surface area (Å²) in [7, 11) is 2.26. The summed E-state index contributed by atoms with van der Waals surface area (Å²) in [6, 6.07) is 1.46. The summed E-state index contributed by atoms with van der Waals surface area (Å²) >= 11 is 0. The van der Waals surface area contributed by atoms with E-state index in [-0.39, 0.29) is 0 Å². The largest absolute Gasteiger partial charge is 0.339 e. The second kappa shape index (κ2) is 5.59. The van der Waals surface area contributed by atoms with Crippen LogP contribution in [0.5, 0.6) is 0 Å². The Morgan fingerprint density at radius 3 is 2.74 bits per heavy atom. The number of hydrogen-bond donors (Lipinski definition) is 1. The van der Waals surface area contributed by atoms with E-state index in [9.17, 15) is 0 Å². The lowest BCUT2D eigenvalue weighted by molar-refractivity contribution is 0.157. The van der Waals surface area contributed by atoms with Gasteiger partial charge in [0.25, 0.3) is 0 Å². The van der Waals surface area contributed by atoms with Crippen LogP contribution in [-0.2, 0) is 6.42 Å². The maximum absolute atomic E-state index is 5.37. The first-order valence-corrected chi connectivity index (χ1v) is 7.53. The molecule has 1 aromatic heterocycles. The van der Waals surface area contributed by atoms with Crippen LogP contribution in [0.15, 0.2) is 4.52 Å². The van der Waals surface area contributed by atoms with Crippen LogP contribution in [0.25, 0.3) is 0 Å². The minimum Gasteiger partial charge on any atom is -0.339 e. The molecule has 5 heteroatoms. The molecule has 0 spiro atoms. The number of piperidine rings is 1. The summed E-state index contributed by atoms with van der Waals surface area (Å²) in [5, 5.41) is 7.49. The van der Waals surface area contributed by atoms with Gasteiger partial charge in [0.05, 0.1) is 0 Å². The van der Waals surface area contributed by atoms with Crippen molar-refractivity contribution in [1.29, 1.82) is 0 Å². The van der Waals surface area contributed by atoms with Crippen LogP contribution in [0.3, 0.4) is 0 Å². The van der Waals surface area contributed by atoms with Gasteiger partial charge in [0, 0.05) is 31.0 Å². The molecule has 1 N–H and O–H groups in total. The Balaban J connectivity index is 1.60. The van der Waals surface area contributed by atoms with Crippen molar-refractivity contribution in [1.82, 2.24) is 20.4 Å². The van der Waals surface area contributed by atoms with Gasteiger partial charge in [-0.2, -0.15) is 4.98 Å². The first-order valence-electron chi connectivity index (χ1n) is 7.53. The first kappa shape index (κ1) is 13.1. The lowest BCUT2D eigenvalue weighted by Crippen LogP contribution is -2.39. The minimum atomic E-state index is 0.505. The van der Waals surface area contributed by atoms with Crippen LogP contribution in [-0.4, -0.2) is 47.3 Å². The molecule has 2 aliphatic heterocycles. The van der Waals surface area contributed by atoms with Crippen molar-refractivity contribution in [3.05, 3.63) is 11.7 Å². The lowest BCUT2D eigenvalue weighted by atomic mass is 9.90. The summed E-state index contributed by atoms with van der Waals surface area (Å²) < 4.78 is 5.37. The number of aromatic nitrogens is 2. The molecule has 0 saturated carbocycles. The van der Waals surface area contributed by atoms with Crippen LogP contribution in [0.1, 0.15) is 50.2 Å². The van der Waals surface area contributed by atoms with Crippen LogP contribution in [0.4, 0.5) is 0 Å². The lowest BCUT2D eigenvalue weighted by Gasteiger charge is -2.34. The molecule has 2 bridgehead atoms. The van der Waals surface area contributed by atoms with E-state index in [4.69, 9.17) is 4.52 Å². The molecular formula is C14H24N4O. The SMILES string of the molecule is CCNCCc1nc(C2CC3CCC(C2)N3C)no1. The van der Waals surface area contributed by atoms with Crippen molar-refractivity contribution in [3.63, 3.8) is 0 Å². The number of likely N-dealkylation sites (N-methyl/N-ethyl adjacent to an activating group) is 1. The second-order valence-corrected chi connectivity index (χ2v) is 5.87. The maximum Gasteiger partial charge on any atom is 0.227 e. The van der Waals surface area contributed by atoms with Crippen LogP contribution < -0.4 is 5.32 Å². The van der Waals surface area contributed by atoms with Crippen molar-refractivity contribution in [3.8, 4) is 0 Å². The highest BCUT2D eigenvalue weighted by Gasteiger charge is 2.40. The Kier molecular flexibility index (Phi) is 3.84. The topological polar surface area (TPSA) is 54.2 Å². The molecule has 2 aliphatic rings. The van der Waals surface area contributed by atoms with E-state index >= 15 is 0 Å². The molecule has 0 amide bonds. The fourth-order valence-corrected chi connectivity index (χ4v) is 3.53. The number of nitrogens with one attached hydrogen (secondary N) is 1. The molecule has 106 valence electrons. The highest BCUT2D eigenvalue weighted by molar-refractivity contribution is 5.05. The van der Waals surface area contributed by atoms with E-state index in [0.29, 0.717) is 5.92 Å². The zero-order chi connectivity index (χ0) is 13.2. The van der Waals surface area contributed by atoms with Crippen molar-refractivity contribution >= 4 is 0 Å². The number of rotatable bonds is 5. The van der Waals surface area contributed by atoms with Crippen molar-refractivity contribution in [2.75, 3.05) is 20.1 Å². The van der Waals surface area contributed by atoms with E-state index in [2.05, 4.69) is 34.3 Å². The van der Waals surface area contributed by atoms with Crippen molar-refractivity contribution in [2.24, 2.45) is 0 Å². The Labute approximate surface area is 114 Å².